The number of halogens is 1. The van der Waals surface area contributed by atoms with Gasteiger partial charge in [-0.05, 0) is 32.6 Å². The van der Waals surface area contributed by atoms with Crippen LogP contribution in [0.3, 0.4) is 0 Å². The number of ether oxygens (including phenoxy) is 1. The highest BCUT2D eigenvalue weighted by atomic mass is 35.5. The highest BCUT2D eigenvalue weighted by Crippen LogP contribution is 2.19. The zero-order chi connectivity index (χ0) is 26.0. The normalized spacial score (nSPS) is 18.0. The number of esters is 1. The van der Waals surface area contributed by atoms with Crippen LogP contribution in [0, 0.1) is 5.92 Å². The minimum absolute atomic E-state index is 0.113. The molecule has 1 aliphatic heterocycles. The van der Waals surface area contributed by atoms with Gasteiger partial charge in [-0.25, -0.2) is 0 Å². The Labute approximate surface area is 204 Å². The second-order valence-corrected chi connectivity index (χ2v) is 8.88. The van der Waals surface area contributed by atoms with Crippen molar-refractivity contribution in [3.63, 3.8) is 0 Å². The van der Waals surface area contributed by atoms with Crippen LogP contribution in [0.4, 0.5) is 0 Å². The Kier molecular flexibility index (Phi) is 12.0. The van der Waals surface area contributed by atoms with Crippen molar-refractivity contribution in [1.29, 1.82) is 0 Å². The van der Waals surface area contributed by atoms with Gasteiger partial charge in [0.2, 0.25) is 23.6 Å². The molecule has 4 atom stereocenters. The molecule has 12 heteroatoms. The summed E-state index contributed by atoms with van der Waals surface area (Å²) < 4.78 is 4.46. The van der Waals surface area contributed by atoms with Gasteiger partial charge in [0.05, 0.1) is 25.5 Å². The lowest BCUT2D eigenvalue weighted by Gasteiger charge is -2.29. The lowest BCUT2D eigenvalue weighted by Crippen LogP contribution is -2.56. The van der Waals surface area contributed by atoms with Crippen LogP contribution in [0.25, 0.3) is 0 Å². The predicted molar refractivity (Wildman–Crippen MR) is 124 cm³/mol. The number of nitrogens with one attached hydrogen (secondary N) is 3. The molecule has 0 aromatic carbocycles. The average Bonchev–Trinajstić information content (AvgIpc) is 3.29. The van der Waals surface area contributed by atoms with Crippen LogP contribution < -0.4 is 16.0 Å². The van der Waals surface area contributed by atoms with E-state index in [1.165, 1.54) is 25.9 Å². The van der Waals surface area contributed by atoms with Crippen LogP contribution in [-0.4, -0.2) is 84.0 Å². The standard InChI is InChI=1S/C22H35ClN4O7/c1-12(2)19(16(28)11-23)26-21(32)15-7-6-10-27(15)22(33)14(4)25-20(31)13(3)24-17(29)8-9-18(30)34-5/h12-15,19H,6-11H2,1-5H3,(H,24,29)(H,25,31)(H,26,32)/t13-,14-,15-,19-/m0/s1. The fourth-order valence-electron chi connectivity index (χ4n) is 3.60. The summed E-state index contributed by atoms with van der Waals surface area (Å²) in [5.41, 5.74) is 0. The number of Topliss-reactive ketones (excluding diaryl/α,β-unsaturated/α-hetero) is 1. The molecule has 192 valence electrons. The van der Waals surface area contributed by atoms with Crippen molar-refractivity contribution in [3.05, 3.63) is 0 Å². The Bertz CT molecular complexity index is 789. The van der Waals surface area contributed by atoms with E-state index in [-0.39, 0.29) is 30.4 Å². The molecule has 11 nitrogen and oxygen atoms in total. The summed E-state index contributed by atoms with van der Waals surface area (Å²) >= 11 is 5.65. The van der Waals surface area contributed by atoms with Gasteiger partial charge < -0.3 is 25.6 Å². The van der Waals surface area contributed by atoms with E-state index in [0.29, 0.717) is 19.4 Å². The van der Waals surface area contributed by atoms with Gasteiger partial charge in [-0.1, -0.05) is 13.8 Å². The third-order valence-electron chi connectivity index (χ3n) is 5.57. The Balaban J connectivity index is 2.68. The van der Waals surface area contributed by atoms with E-state index in [2.05, 4.69) is 20.7 Å². The van der Waals surface area contributed by atoms with Crippen LogP contribution >= 0.6 is 11.6 Å². The minimum Gasteiger partial charge on any atom is -0.469 e. The van der Waals surface area contributed by atoms with E-state index in [4.69, 9.17) is 11.6 Å². The Hall–Kier alpha value is -2.69. The third kappa shape index (κ3) is 8.58. The summed E-state index contributed by atoms with van der Waals surface area (Å²) in [5, 5.41) is 7.70. The highest BCUT2D eigenvalue weighted by Gasteiger charge is 2.38. The largest absolute Gasteiger partial charge is 0.469 e. The molecule has 34 heavy (non-hydrogen) atoms. The van der Waals surface area contributed by atoms with E-state index in [9.17, 15) is 28.8 Å². The molecule has 1 rings (SSSR count). The number of hydrogen-bond donors (Lipinski definition) is 3. The van der Waals surface area contributed by atoms with E-state index in [0.717, 1.165) is 0 Å². The predicted octanol–water partition coefficient (Wildman–Crippen LogP) is -0.111. The molecule has 0 unspecified atom stereocenters. The maximum Gasteiger partial charge on any atom is 0.306 e. The topological polar surface area (TPSA) is 151 Å². The van der Waals surface area contributed by atoms with Crippen molar-refractivity contribution in [2.45, 2.75) is 77.5 Å². The van der Waals surface area contributed by atoms with E-state index >= 15 is 0 Å². The van der Waals surface area contributed by atoms with Crippen molar-refractivity contribution in [2.75, 3.05) is 19.5 Å². The van der Waals surface area contributed by atoms with Crippen molar-refractivity contribution >= 4 is 47.0 Å². The number of rotatable bonds is 12. The number of methoxy groups -OCH3 is 1. The Morgan fingerprint density at radius 1 is 0.971 bits per heavy atom. The quantitative estimate of drug-likeness (QED) is 0.249. The zero-order valence-corrected chi connectivity index (χ0v) is 21.1. The first-order chi connectivity index (χ1) is 15.9. The first kappa shape index (κ1) is 29.3. The van der Waals surface area contributed by atoms with Crippen LogP contribution in [0.1, 0.15) is 53.4 Å². The van der Waals surface area contributed by atoms with Crippen molar-refractivity contribution in [2.24, 2.45) is 5.92 Å². The fraction of sp³-hybridized carbons (Fsp3) is 0.727. The monoisotopic (exact) mass is 502 g/mol. The van der Waals surface area contributed by atoms with Crippen LogP contribution in [0.2, 0.25) is 0 Å². The van der Waals surface area contributed by atoms with Gasteiger partial charge in [0, 0.05) is 13.0 Å². The lowest BCUT2D eigenvalue weighted by molar-refractivity contribution is -0.142. The molecule has 0 aromatic heterocycles. The molecule has 0 radical (unpaired) electrons. The molecular formula is C22H35ClN4O7. The molecule has 1 saturated heterocycles. The van der Waals surface area contributed by atoms with E-state index < -0.39 is 53.8 Å². The third-order valence-corrected chi connectivity index (χ3v) is 5.83. The zero-order valence-electron chi connectivity index (χ0n) is 20.3. The molecule has 1 aliphatic rings. The van der Waals surface area contributed by atoms with Gasteiger partial charge in [0.25, 0.3) is 0 Å². The Morgan fingerprint density at radius 2 is 1.62 bits per heavy atom. The van der Waals surface area contributed by atoms with Gasteiger partial charge in [-0.15, -0.1) is 11.6 Å². The number of carbonyl (C=O) groups is 6. The smallest absolute Gasteiger partial charge is 0.306 e. The summed E-state index contributed by atoms with van der Waals surface area (Å²) in [5.74, 6) is -3.20. The maximum absolute atomic E-state index is 13.0. The number of nitrogens with zero attached hydrogens (tertiary/aromatic N) is 1. The molecule has 0 spiro atoms. The molecule has 0 saturated carbocycles. The summed E-state index contributed by atoms with van der Waals surface area (Å²) in [7, 11) is 1.21. The van der Waals surface area contributed by atoms with Gasteiger partial charge in [0.15, 0.2) is 5.78 Å². The molecular weight excluding hydrogens is 468 g/mol. The van der Waals surface area contributed by atoms with E-state index in [1.54, 1.807) is 13.8 Å². The van der Waals surface area contributed by atoms with Crippen LogP contribution in [0.15, 0.2) is 0 Å². The van der Waals surface area contributed by atoms with Crippen LogP contribution in [0.5, 0.6) is 0 Å². The molecule has 4 amide bonds. The molecule has 0 aliphatic carbocycles. The molecule has 1 fully saturated rings. The molecule has 0 bridgehead atoms. The Morgan fingerprint density at radius 3 is 2.18 bits per heavy atom. The fourth-order valence-corrected chi connectivity index (χ4v) is 3.77. The molecule has 3 N–H and O–H groups in total. The SMILES string of the molecule is COC(=O)CCC(=O)N[C@@H](C)C(=O)N[C@@H](C)C(=O)N1CCC[C@H]1C(=O)N[C@H](C(=O)CCl)C(C)C. The number of alkyl halides is 1. The summed E-state index contributed by atoms with van der Waals surface area (Å²) in [6, 6.07) is -3.39. The second-order valence-electron chi connectivity index (χ2n) is 8.62. The van der Waals surface area contributed by atoms with Crippen molar-refractivity contribution in [3.8, 4) is 0 Å². The summed E-state index contributed by atoms with van der Waals surface area (Å²) in [6.45, 7) is 6.87. The second kappa shape index (κ2) is 13.9. The summed E-state index contributed by atoms with van der Waals surface area (Å²) in [6.07, 6.45) is 0.794. The number of amides is 4. The average molecular weight is 503 g/mol. The molecule has 1 heterocycles. The van der Waals surface area contributed by atoms with Gasteiger partial charge in [0.1, 0.15) is 18.1 Å². The number of ketones is 1. The van der Waals surface area contributed by atoms with Gasteiger partial charge >= 0.3 is 5.97 Å². The van der Waals surface area contributed by atoms with Crippen LogP contribution in [-0.2, 0) is 33.5 Å². The minimum atomic E-state index is -0.944. The summed E-state index contributed by atoms with van der Waals surface area (Å²) in [4.78, 5) is 74.7. The lowest BCUT2D eigenvalue weighted by atomic mass is 10.00. The van der Waals surface area contributed by atoms with Gasteiger partial charge in [-0.3, -0.25) is 28.8 Å². The van der Waals surface area contributed by atoms with Gasteiger partial charge in [-0.2, -0.15) is 0 Å². The number of likely N-dealkylation sites (tertiary alicyclic amines) is 1. The van der Waals surface area contributed by atoms with Crippen molar-refractivity contribution in [1.82, 2.24) is 20.9 Å². The highest BCUT2D eigenvalue weighted by molar-refractivity contribution is 6.28. The maximum atomic E-state index is 13.0. The number of hydrogen-bond acceptors (Lipinski definition) is 7. The van der Waals surface area contributed by atoms with E-state index in [1.807, 2.05) is 0 Å². The number of carbonyl (C=O) groups excluding carboxylic acids is 6. The first-order valence-corrected chi connectivity index (χ1v) is 11.8. The molecule has 0 aromatic rings. The van der Waals surface area contributed by atoms with Crippen molar-refractivity contribution < 1.29 is 33.5 Å². The first-order valence-electron chi connectivity index (χ1n) is 11.3.